The molecule has 0 bridgehead atoms. The van der Waals surface area contributed by atoms with Gasteiger partial charge in [-0.1, -0.05) is 34.1 Å². The predicted octanol–water partition coefficient (Wildman–Crippen LogP) is 4.38. The Kier molecular flexibility index (Phi) is 4.79. The third-order valence-electron chi connectivity index (χ3n) is 2.76. The molecule has 0 amide bonds. The number of hydrogen-bond acceptors (Lipinski definition) is 3. The number of esters is 1. The Hall–Kier alpha value is -1.81. The average molecular weight is 335 g/mol. The summed E-state index contributed by atoms with van der Waals surface area (Å²) in [7, 11) is 0. The first-order valence-electron chi connectivity index (χ1n) is 6.32. The van der Waals surface area contributed by atoms with Crippen molar-refractivity contribution in [1.82, 2.24) is 0 Å². The molecule has 20 heavy (non-hydrogen) atoms. The van der Waals surface area contributed by atoms with Gasteiger partial charge in [-0.2, -0.15) is 0 Å². The van der Waals surface area contributed by atoms with Gasteiger partial charge in [0.05, 0.1) is 6.61 Å². The van der Waals surface area contributed by atoms with Crippen molar-refractivity contribution in [3.05, 3.63) is 58.1 Å². The van der Waals surface area contributed by atoms with Gasteiger partial charge in [0.2, 0.25) is 0 Å². The monoisotopic (exact) mass is 334 g/mol. The molecule has 2 aromatic carbocycles. The number of carbonyl (C=O) groups excluding carboxylic acids is 1. The third kappa shape index (κ3) is 3.39. The maximum Gasteiger partial charge on any atom is 0.347 e. The Morgan fingerprint density at radius 3 is 2.60 bits per heavy atom. The fraction of sp³-hybridized carbons (Fsp3) is 0.188. The van der Waals surface area contributed by atoms with E-state index >= 15 is 0 Å². The molecule has 0 aliphatic heterocycles. The Morgan fingerprint density at radius 1 is 1.15 bits per heavy atom. The maximum atomic E-state index is 12.3. The van der Waals surface area contributed by atoms with Crippen LogP contribution in [0.2, 0.25) is 0 Å². The van der Waals surface area contributed by atoms with Crippen molar-refractivity contribution in [3.63, 3.8) is 0 Å². The lowest BCUT2D eigenvalue weighted by atomic mass is 10.2. The van der Waals surface area contributed by atoms with E-state index < -0.39 is 5.97 Å². The standard InChI is InChI=1S/C16H15BrO3/c1-3-19-15-9-8-12(17)10-13(15)16(18)20-14-7-5-4-6-11(14)2/h4-10H,3H2,1-2H3. The fourth-order valence-electron chi connectivity index (χ4n) is 1.77. The van der Waals surface area contributed by atoms with E-state index in [9.17, 15) is 4.79 Å². The molecular weight excluding hydrogens is 320 g/mol. The highest BCUT2D eigenvalue weighted by Crippen LogP contribution is 2.26. The molecule has 2 rings (SSSR count). The van der Waals surface area contributed by atoms with Crippen LogP contribution in [-0.2, 0) is 0 Å². The largest absolute Gasteiger partial charge is 0.493 e. The smallest absolute Gasteiger partial charge is 0.347 e. The molecule has 0 heterocycles. The number of para-hydroxylation sites is 1. The van der Waals surface area contributed by atoms with Crippen LogP contribution in [0.5, 0.6) is 11.5 Å². The second kappa shape index (κ2) is 6.57. The Morgan fingerprint density at radius 2 is 1.90 bits per heavy atom. The minimum Gasteiger partial charge on any atom is -0.493 e. The van der Waals surface area contributed by atoms with E-state index in [1.54, 1.807) is 18.2 Å². The first kappa shape index (κ1) is 14.6. The molecule has 0 saturated heterocycles. The highest BCUT2D eigenvalue weighted by Gasteiger charge is 2.16. The highest BCUT2D eigenvalue weighted by atomic mass is 79.9. The predicted molar refractivity (Wildman–Crippen MR) is 81.4 cm³/mol. The molecule has 104 valence electrons. The topological polar surface area (TPSA) is 35.5 Å². The Labute approximate surface area is 126 Å². The summed E-state index contributed by atoms with van der Waals surface area (Å²) < 4.78 is 11.7. The van der Waals surface area contributed by atoms with E-state index in [2.05, 4.69) is 15.9 Å². The molecule has 0 aromatic heterocycles. The van der Waals surface area contributed by atoms with Gasteiger partial charge in [0, 0.05) is 4.47 Å². The van der Waals surface area contributed by atoms with Crippen molar-refractivity contribution in [3.8, 4) is 11.5 Å². The molecule has 0 saturated carbocycles. The van der Waals surface area contributed by atoms with E-state index in [0.29, 0.717) is 23.7 Å². The lowest BCUT2D eigenvalue weighted by molar-refractivity contribution is 0.0729. The Balaban J connectivity index is 2.29. The average Bonchev–Trinajstić information content (AvgIpc) is 2.43. The van der Waals surface area contributed by atoms with Gasteiger partial charge >= 0.3 is 5.97 Å². The van der Waals surface area contributed by atoms with Crippen molar-refractivity contribution in [2.75, 3.05) is 6.61 Å². The number of benzene rings is 2. The number of hydrogen-bond donors (Lipinski definition) is 0. The SMILES string of the molecule is CCOc1ccc(Br)cc1C(=O)Oc1ccccc1C. The molecule has 0 radical (unpaired) electrons. The van der Waals surface area contributed by atoms with Crippen molar-refractivity contribution in [2.45, 2.75) is 13.8 Å². The molecule has 0 fully saturated rings. The molecule has 0 atom stereocenters. The zero-order valence-electron chi connectivity index (χ0n) is 11.4. The number of rotatable bonds is 4. The van der Waals surface area contributed by atoms with E-state index in [1.165, 1.54) is 0 Å². The quantitative estimate of drug-likeness (QED) is 0.615. The second-order valence-corrected chi connectivity index (χ2v) is 5.14. The van der Waals surface area contributed by atoms with Crippen LogP contribution in [-0.4, -0.2) is 12.6 Å². The summed E-state index contributed by atoms with van der Waals surface area (Å²) in [4.78, 5) is 12.3. The van der Waals surface area contributed by atoms with Crippen molar-refractivity contribution in [1.29, 1.82) is 0 Å². The molecule has 0 unspecified atom stereocenters. The van der Waals surface area contributed by atoms with Gasteiger partial charge in [-0.3, -0.25) is 0 Å². The van der Waals surface area contributed by atoms with Crippen LogP contribution in [0.15, 0.2) is 46.9 Å². The summed E-state index contributed by atoms with van der Waals surface area (Å²) >= 11 is 3.35. The van der Waals surface area contributed by atoms with Crippen LogP contribution in [0, 0.1) is 6.92 Å². The summed E-state index contributed by atoms with van der Waals surface area (Å²) in [6.45, 7) is 4.26. The number of halogens is 1. The van der Waals surface area contributed by atoms with Crippen LogP contribution >= 0.6 is 15.9 Å². The molecule has 0 aliphatic rings. The summed E-state index contributed by atoms with van der Waals surface area (Å²) in [6.07, 6.45) is 0. The molecule has 0 aliphatic carbocycles. The van der Waals surface area contributed by atoms with Gasteiger partial charge in [0.1, 0.15) is 17.1 Å². The molecular formula is C16H15BrO3. The molecule has 0 spiro atoms. The molecule has 0 N–H and O–H groups in total. The van der Waals surface area contributed by atoms with Crippen LogP contribution in [0.4, 0.5) is 0 Å². The fourth-order valence-corrected chi connectivity index (χ4v) is 2.13. The summed E-state index contributed by atoms with van der Waals surface area (Å²) in [5.41, 5.74) is 1.32. The van der Waals surface area contributed by atoms with Gasteiger partial charge in [-0.15, -0.1) is 0 Å². The molecule has 3 nitrogen and oxygen atoms in total. The first-order chi connectivity index (χ1) is 9.61. The van der Waals surface area contributed by atoms with E-state index in [0.717, 1.165) is 10.0 Å². The third-order valence-corrected chi connectivity index (χ3v) is 3.25. The lowest BCUT2D eigenvalue weighted by Crippen LogP contribution is -2.11. The normalized spacial score (nSPS) is 10.2. The zero-order valence-corrected chi connectivity index (χ0v) is 12.9. The van der Waals surface area contributed by atoms with E-state index in [1.807, 2.05) is 38.1 Å². The van der Waals surface area contributed by atoms with Gasteiger partial charge in [-0.25, -0.2) is 4.79 Å². The zero-order chi connectivity index (χ0) is 14.5. The van der Waals surface area contributed by atoms with Gasteiger partial charge < -0.3 is 9.47 Å². The van der Waals surface area contributed by atoms with Gasteiger partial charge in [0.15, 0.2) is 0 Å². The van der Waals surface area contributed by atoms with Gasteiger partial charge in [-0.05, 0) is 43.7 Å². The van der Waals surface area contributed by atoms with E-state index in [-0.39, 0.29) is 0 Å². The van der Waals surface area contributed by atoms with Gasteiger partial charge in [0.25, 0.3) is 0 Å². The maximum absolute atomic E-state index is 12.3. The lowest BCUT2D eigenvalue weighted by Gasteiger charge is -2.11. The number of aryl methyl sites for hydroxylation is 1. The number of carbonyl (C=O) groups is 1. The van der Waals surface area contributed by atoms with Crippen LogP contribution in [0.3, 0.4) is 0 Å². The second-order valence-electron chi connectivity index (χ2n) is 4.23. The van der Waals surface area contributed by atoms with Crippen LogP contribution in [0.25, 0.3) is 0 Å². The summed E-state index contributed by atoms with van der Waals surface area (Å²) in [5, 5.41) is 0. The number of ether oxygens (including phenoxy) is 2. The highest BCUT2D eigenvalue weighted by molar-refractivity contribution is 9.10. The van der Waals surface area contributed by atoms with Crippen molar-refractivity contribution < 1.29 is 14.3 Å². The first-order valence-corrected chi connectivity index (χ1v) is 7.11. The molecule has 4 heteroatoms. The summed E-state index contributed by atoms with van der Waals surface area (Å²) in [6, 6.07) is 12.7. The Bertz CT molecular complexity index is 623. The van der Waals surface area contributed by atoms with Crippen molar-refractivity contribution >= 4 is 21.9 Å². The van der Waals surface area contributed by atoms with Crippen molar-refractivity contribution in [2.24, 2.45) is 0 Å². The minimum absolute atomic E-state index is 0.407. The van der Waals surface area contributed by atoms with E-state index in [4.69, 9.17) is 9.47 Å². The van der Waals surface area contributed by atoms with Crippen LogP contribution < -0.4 is 9.47 Å². The minimum atomic E-state index is -0.427. The molecule has 2 aromatic rings. The summed E-state index contributed by atoms with van der Waals surface area (Å²) in [5.74, 6) is 0.651. The van der Waals surface area contributed by atoms with Crippen LogP contribution in [0.1, 0.15) is 22.8 Å².